The van der Waals surface area contributed by atoms with Crippen molar-refractivity contribution >= 4 is 50.6 Å². The van der Waals surface area contributed by atoms with E-state index in [4.69, 9.17) is 4.74 Å². The first-order valence-corrected chi connectivity index (χ1v) is 9.74. The molecular weight excluding hydrogens is 388 g/mol. The van der Waals surface area contributed by atoms with Gasteiger partial charge < -0.3 is 10.1 Å². The SMILES string of the molecule is COc1ccc(NC(=O)CCSc2ncnc3sc(C)cc23)cc1[N+](=O)[O-]. The van der Waals surface area contributed by atoms with Crippen LogP contribution in [0.4, 0.5) is 11.4 Å². The first-order valence-electron chi connectivity index (χ1n) is 7.94. The number of thioether (sulfide) groups is 1. The number of nitrogens with one attached hydrogen (secondary N) is 1. The van der Waals surface area contributed by atoms with Gasteiger partial charge in [0.25, 0.3) is 0 Å². The fraction of sp³-hybridized carbons (Fsp3) is 0.235. The first kappa shape index (κ1) is 19.1. The Bertz CT molecular complexity index is 1010. The zero-order valence-electron chi connectivity index (χ0n) is 14.6. The van der Waals surface area contributed by atoms with Crippen LogP contribution in [-0.2, 0) is 4.79 Å². The second kappa shape index (κ2) is 8.31. The summed E-state index contributed by atoms with van der Waals surface area (Å²) in [6, 6.07) is 6.35. The summed E-state index contributed by atoms with van der Waals surface area (Å²) in [5.74, 6) is 0.451. The summed E-state index contributed by atoms with van der Waals surface area (Å²) in [4.78, 5) is 33.3. The zero-order valence-corrected chi connectivity index (χ0v) is 16.2. The molecule has 10 heteroatoms. The Morgan fingerprint density at radius 3 is 2.93 bits per heavy atom. The lowest BCUT2D eigenvalue weighted by molar-refractivity contribution is -0.385. The van der Waals surface area contributed by atoms with Gasteiger partial charge in [-0.2, -0.15) is 0 Å². The predicted octanol–water partition coefficient (Wildman–Crippen LogP) is 4.04. The molecule has 3 rings (SSSR count). The number of anilines is 1. The molecule has 1 N–H and O–H groups in total. The van der Waals surface area contributed by atoms with Crippen molar-refractivity contribution in [3.05, 3.63) is 45.6 Å². The summed E-state index contributed by atoms with van der Waals surface area (Å²) >= 11 is 3.09. The maximum atomic E-state index is 12.1. The van der Waals surface area contributed by atoms with Gasteiger partial charge in [0.1, 0.15) is 16.2 Å². The number of thiophene rings is 1. The lowest BCUT2D eigenvalue weighted by atomic mass is 10.2. The molecule has 3 aromatic rings. The molecule has 2 heterocycles. The Morgan fingerprint density at radius 2 is 2.19 bits per heavy atom. The molecule has 0 saturated heterocycles. The quantitative estimate of drug-likeness (QED) is 0.274. The highest BCUT2D eigenvalue weighted by molar-refractivity contribution is 7.99. The van der Waals surface area contributed by atoms with Gasteiger partial charge >= 0.3 is 5.69 Å². The van der Waals surface area contributed by atoms with Crippen molar-refractivity contribution in [3.63, 3.8) is 0 Å². The number of methoxy groups -OCH3 is 1. The molecule has 1 aromatic carbocycles. The molecule has 0 saturated carbocycles. The Hall–Kier alpha value is -2.72. The number of nitro groups is 1. The number of ether oxygens (including phenoxy) is 1. The number of carbonyl (C=O) groups is 1. The van der Waals surface area contributed by atoms with Crippen molar-refractivity contribution in [2.45, 2.75) is 18.4 Å². The molecule has 0 unspecified atom stereocenters. The number of amides is 1. The third-order valence-corrected chi connectivity index (χ3v) is 5.61. The third-order valence-electron chi connectivity index (χ3n) is 3.64. The van der Waals surface area contributed by atoms with Crippen LogP contribution >= 0.6 is 23.1 Å². The maximum absolute atomic E-state index is 12.1. The molecule has 0 spiro atoms. The molecule has 0 aliphatic heterocycles. The van der Waals surface area contributed by atoms with E-state index in [0.717, 1.165) is 20.1 Å². The molecule has 140 valence electrons. The van der Waals surface area contributed by atoms with Gasteiger partial charge in [-0.25, -0.2) is 9.97 Å². The lowest BCUT2D eigenvalue weighted by Gasteiger charge is -2.07. The molecule has 0 atom stereocenters. The summed E-state index contributed by atoms with van der Waals surface area (Å²) in [5, 5.41) is 15.6. The van der Waals surface area contributed by atoms with Gasteiger partial charge in [0.15, 0.2) is 5.75 Å². The summed E-state index contributed by atoms with van der Waals surface area (Å²) in [7, 11) is 1.36. The monoisotopic (exact) mass is 404 g/mol. The molecule has 0 bridgehead atoms. The molecule has 1 amide bonds. The third kappa shape index (κ3) is 4.52. The molecular formula is C17H16N4O4S2. The highest BCUT2D eigenvalue weighted by Gasteiger charge is 2.16. The zero-order chi connectivity index (χ0) is 19.4. The fourth-order valence-electron chi connectivity index (χ4n) is 2.44. The van der Waals surface area contributed by atoms with Gasteiger partial charge in [-0.3, -0.25) is 14.9 Å². The van der Waals surface area contributed by atoms with E-state index in [0.29, 0.717) is 11.4 Å². The first-order chi connectivity index (χ1) is 13.0. The maximum Gasteiger partial charge on any atom is 0.312 e. The second-order valence-corrected chi connectivity index (χ2v) is 7.86. The van der Waals surface area contributed by atoms with Crippen molar-refractivity contribution in [1.82, 2.24) is 9.97 Å². The molecule has 0 aliphatic carbocycles. The number of nitrogens with zero attached hydrogens (tertiary/aromatic N) is 3. The number of hydrogen-bond acceptors (Lipinski definition) is 8. The minimum absolute atomic E-state index is 0.146. The van der Waals surface area contributed by atoms with Crippen LogP contribution in [0.15, 0.2) is 35.6 Å². The average molecular weight is 404 g/mol. The number of benzene rings is 1. The van der Waals surface area contributed by atoms with Crippen molar-refractivity contribution in [1.29, 1.82) is 0 Å². The van der Waals surface area contributed by atoms with Crippen LogP contribution in [0.2, 0.25) is 0 Å². The van der Waals surface area contributed by atoms with Gasteiger partial charge in [-0.05, 0) is 25.1 Å². The molecule has 8 nitrogen and oxygen atoms in total. The second-order valence-electron chi connectivity index (χ2n) is 5.55. The van der Waals surface area contributed by atoms with E-state index >= 15 is 0 Å². The highest BCUT2D eigenvalue weighted by Crippen LogP contribution is 2.31. The van der Waals surface area contributed by atoms with Crippen LogP contribution in [0, 0.1) is 17.0 Å². The van der Waals surface area contributed by atoms with Crippen molar-refractivity contribution in [3.8, 4) is 5.75 Å². The smallest absolute Gasteiger partial charge is 0.312 e. The van der Waals surface area contributed by atoms with E-state index in [1.54, 1.807) is 17.4 Å². The Balaban J connectivity index is 1.60. The lowest BCUT2D eigenvalue weighted by Crippen LogP contribution is -2.12. The molecule has 0 aliphatic rings. The highest BCUT2D eigenvalue weighted by atomic mass is 32.2. The van der Waals surface area contributed by atoms with Crippen molar-refractivity contribution in [2.75, 3.05) is 18.2 Å². The molecule has 2 aromatic heterocycles. The standard InChI is InChI=1S/C17H16N4O4S2/c1-10-7-12-16(18-9-19-17(12)27-10)26-6-5-15(22)20-11-3-4-14(25-2)13(8-11)21(23)24/h3-4,7-9H,5-6H2,1-2H3,(H,20,22). The summed E-state index contributed by atoms with van der Waals surface area (Å²) in [6.45, 7) is 2.02. The summed E-state index contributed by atoms with van der Waals surface area (Å²) in [5.41, 5.74) is 0.163. The van der Waals surface area contributed by atoms with Gasteiger partial charge in [0.2, 0.25) is 5.91 Å². The fourth-order valence-corrected chi connectivity index (χ4v) is 4.27. The van der Waals surface area contributed by atoms with Crippen LogP contribution in [0.25, 0.3) is 10.2 Å². The molecule has 0 fully saturated rings. The number of carbonyl (C=O) groups excluding carboxylic acids is 1. The van der Waals surface area contributed by atoms with Gasteiger partial charge in [0.05, 0.1) is 12.0 Å². The summed E-state index contributed by atoms with van der Waals surface area (Å²) in [6.07, 6.45) is 1.77. The van der Waals surface area contributed by atoms with Crippen LogP contribution < -0.4 is 10.1 Å². The van der Waals surface area contributed by atoms with Crippen molar-refractivity contribution < 1.29 is 14.5 Å². The van der Waals surface area contributed by atoms with E-state index in [9.17, 15) is 14.9 Å². The van der Waals surface area contributed by atoms with E-state index in [2.05, 4.69) is 15.3 Å². The van der Waals surface area contributed by atoms with Crippen LogP contribution in [-0.4, -0.2) is 33.7 Å². The van der Waals surface area contributed by atoms with Gasteiger partial charge in [0, 0.05) is 34.2 Å². The minimum atomic E-state index is -0.548. The number of fused-ring (bicyclic) bond motifs is 1. The van der Waals surface area contributed by atoms with Crippen LogP contribution in [0.1, 0.15) is 11.3 Å². The normalized spacial score (nSPS) is 10.7. The molecule has 0 radical (unpaired) electrons. The largest absolute Gasteiger partial charge is 0.490 e. The van der Waals surface area contributed by atoms with E-state index in [1.807, 2.05) is 13.0 Å². The number of aryl methyl sites for hydroxylation is 1. The van der Waals surface area contributed by atoms with Gasteiger partial charge in [-0.1, -0.05) is 0 Å². The number of rotatable bonds is 7. The molecule has 27 heavy (non-hydrogen) atoms. The Labute approximate surface area is 163 Å². The van der Waals surface area contributed by atoms with E-state index in [-0.39, 0.29) is 23.8 Å². The average Bonchev–Trinajstić information content (AvgIpc) is 3.02. The predicted molar refractivity (Wildman–Crippen MR) is 106 cm³/mol. The van der Waals surface area contributed by atoms with E-state index < -0.39 is 4.92 Å². The van der Waals surface area contributed by atoms with Crippen LogP contribution in [0.3, 0.4) is 0 Å². The topological polar surface area (TPSA) is 107 Å². The van der Waals surface area contributed by atoms with E-state index in [1.165, 1.54) is 37.3 Å². The number of nitro benzene ring substituents is 1. The Morgan fingerprint density at radius 1 is 1.37 bits per heavy atom. The van der Waals surface area contributed by atoms with Crippen molar-refractivity contribution in [2.24, 2.45) is 0 Å². The number of aromatic nitrogens is 2. The van der Waals surface area contributed by atoms with Gasteiger partial charge in [-0.15, -0.1) is 23.1 Å². The number of hydrogen-bond donors (Lipinski definition) is 1. The summed E-state index contributed by atoms with van der Waals surface area (Å²) < 4.78 is 4.95. The van der Waals surface area contributed by atoms with Crippen LogP contribution in [0.5, 0.6) is 5.75 Å². The minimum Gasteiger partial charge on any atom is -0.490 e. The Kier molecular flexibility index (Phi) is 5.87.